The van der Waals surface area contributed by atoms with Crippen LogP contribution < -0.4 is 5.73 Å². The van der Waals surface area contributed by atoms with E-state index in [0.717, 1.165) is 18.2 Å². The van der Waals surface area contributed by atoms with Crippen molar-refractivity contribution in [2.24, 2.45) is 5.73 Å². The summed E-state index contributed by atoms with van der Waals surface area (Å²) in [5.74, 6) is 1.87. The van der Waals surface area contributed by atoms with E-state index in [9.17, 15) is 13.6 Å². The molecule has 0 radical (unpaired) electrons. The van der Waals surface area contributed by atoms with Gasteiger partial charge in [0.15, 0.2) is 0 Å². The number of hydrogen-bond acceptors (Lipinski definition) is 1. The lowest BCUT2D eigenvalue weighted by atomic mass is 10.2. The Morgan fingerprint density at radius 2 is 1.77 bits per heavy atom. The molecular weight excluding hydrogens is 176 g/mol. The molecular formula is C9H5F2NO. The van der Waals surface area contributed by atoms with E-state index in [1.807, 2.05) is 5.92 Å². The number of rotatable bonds is 0. The van der Waals surface area contributed by atoms with Crippen molar-refractivity contribution in [1.29, 1.82) is 0 Å². The molecule has 0 aromatic heterocycles. The zero-order chi connectivity index (χ0) is 9.84. The fourth-order valence-electron chi connectivity index (χ4n) is 0.760. The van der Waals surface area contributed by atoms with Gasteiger partial charge in [-0.25, -0.2) is 8.78 Å². The van der Waals surface area contributed by atoms with Crippen molar-refractivity contribution in [3.05, 3.63) is 35.4 Å². The molecule has 0 spiro atoms. The second-order valence-electron chi connectivity index (χ2n) is 2.27. The van der Waals surface area contributed by atoms with Gasteiger partial charge >= 0.3 is 0 Å². The van der Waals surface area contributed by atoms with Gasteiger partial charge < -0.3 is 5.73 Å². The van der Waals surface area contributed by atoms with Gasteiger partial charge in [-0.1, -0.05) is 5.92 Å². The number of primary amides is 1. The summed E-state index contributed by atoms with van der Waals surface area (Å²) in [6.07, 6.45) is 0. The normalized spacial score (nSPS) is 8.77. The van der Waals surface area contributed by atoms with Gasteiger partial charge in [-0.2, -0.15) is 0 Å². The first-order chi connectivity index (χ1) is 6.08. The molecule has 0 fully saturated rings. The van der Waals surface area contributed by atoms with E-state index >= 15 is 0 Å². The predicted molar refractivity (Wildman–Crippen MR) is 42.4 cm³/mol. The third-order valence-electron chi connectivity index (χ3n) is 1.19. The van der Waals surface area contributed by atoms with Crippen LogP contribution in [0.5, 0.6) is 0 Å². The minimum absolute atomic E-state index is 0.0799. The molecule has 1 rings (SSSR count). The van der Waals surface area contributed by atoms with Crippen molar-refractivity contribution in [3.63, 3.8) is 0 Å². The number of carbonyl (C=O) groups is 1. The van der Waals surface area contributed by atoms with Crippen LogP contribution in [0.2, 0.25) is 0 Å². The fourth-order valence-corrected chi connectivity index (χ4v) is 0.760. The van der Waals surface area contributed by atoms with Crippen LogP contribution in [0.25, 0.3) is 0 Å². The third-order valence-corrected chi connectivity index (χ3v) is 1.19. The van der Waals surface area contributed by atoms with E-state index in [1.54, 1.807) is 0 Å². The Morgan fingerprint density at radius 1 is 1.23 bits per heavy atom. The van der Waals surface area contributed by atoms with E-state index in [-0.39, 0.29) is 5.56 Å². The molecule has 0 aliphatic rings. The van der Waals surface area contributed by atoms with Gasteiger partial charge in [-0.3, -0.25) is 4.79 Å². The molecule has 1 aromatic carbocycles. The molecule has 1 aromatic rings. The van der Waals surface area contributed by atoms with Crippen molar-refractivity contribution in [1.82, 2.24) is 0 Å². The van der Waals surface area contributed by atoms with Gasteiger partial charge in [0.1, 0.15) is 11.6 Å². The van der Waals surface area contributed by atoms with E-state index in [0.29, 0.717) is 0 Å². The highest BCUT2D eigenvalue weighted by atomic mass is 19.1. The number of halogens is 2. The molecule has 66 valence electrons. The Labute approximate surface area is 73.4 Å². The molecule has 0 bridgehead atoms. The van der Waals surface area contributed by atoms with Crippen molar-refractivity contribution >= 4 is 5.91 Å². The summed E-state index contributed by atoms with van der Waals surface area (Å²) in [7, 11) is 0. The topological polar surface area (TPSA) is 43.1 Å². The first kappa shape index (κ1) is 9.20. The molecule has 0 heterocycles. The summed E-state index contributed by atoms with van der Waals surface area (Å²) in [6, 6.07) is 2.74. The minimum Gasteiger partial charge on any atom is -0.359 e. The fraction of sp³-hybridized carbons (Fsp3) is 0. The van der Waals surface area contributed by atoms with Crippen molar-refractivity contribution in [2.75, 3.05) is 0 Å². The zero-order valence-corrected chi connectivity index (χ0v) is 6.47. The predicted octanol–water partition coefficient (Wildman–Crippen LogP) is 0.802. The summed E-state index contributed by atoms with van der Waals surface area (Å²) in [6.45, 7) is 0. The standard InChI is InChI=1S/C9H5F2NO/c10-7-3-6(1-2-9(12)13)4-8(11)5-7/h3-5H,(H2,12,13). The van der Waals surface area contributed by atoms with Crippen molar-refractivity contribution < 1.29 is 13.6 Å². The maximum absolute atomic E-state index is 12.5. The Bertz CT molecular complexity index is 384. The van der Waals surface area contributed by atoms with Crippen molar-refractivity contribution in [3.8, 4) is 11.8 Å². The van der Waals surface area contributed by atoms with Gasteiger partial charge in [-0.05, 0) is 18.1 Å². The maximum atomic E-state index is 12.5. The molecule has 0 atom stereocenters. The summed E-state index contributed by atoms with van der Waals surface area (Å²) in [4.78, 5) is 10.2. The lowest BCUT2D eigenvalue weighted by molar-refractivity contribution is -0.112. The van der Waals surface area contributed by atoms with Gasteiger partial charge in [0, 0.05) is 11.6 Å². The summed E-state index contributed by atoms with van der Waals surface area (Å²) < 4.78 is 25.1. The molecule has 0 aliphatic heterocycles. The van der Waals surface area contributed by atoms with E-state index in [2.05, 4.69) is 5.92 Å². The first-order valence-corrected chi connectivity index (χ1v) is 3.35. The summed E-state index contributed by atoms with van der Waals surface area (Å²) in [5.41, 5.74) is 4.80. The number of amides is 1. The highest BCUT2D eigenvalue weighted by Crippen LogP contribution is 2.06. The number of nitrogens with two attached hydrogens (primary N) is 1. The van der Waals surface area contributed by atoms with Crippen LogP contribution in [-0.2, 0) is 4.79 Å². The van der Waals surface area contributed by atoms with E-state index < -0.39 is 17.5 Å². The highest BCUT2D eigenvalue weighted by molar-refractivity contribution is 5.92. The molecule has 1 amide bonds. The second kappa shape index (κ2) is 3.68. The summed E-state index contributed by atoms with van der Waals surface area (Å²) in [5, 5.41) is 0. The van der Waals surface area contributed by atoms with Gasteiger partial charge in [0.25, 0.3) is 5.91 Å². The van der Waals surface area contributed by atoms with Crippen LogP contribution in [0, 0.1) is 23.5 Å². The average Bonchev–Trinajstić information content (AvgIpc) is 1.99. The van der Waals surface area contributed by atoms with Crippen LogP contribution in [0.15, 0.2) is 18.2 Å². The van der Waals surface area contributed by atoms with Crippen LogP contribution in [0.4, 0.5) is 8.78 Å². The molecule has 2 N–H and O–H groups in total. The SMILES string of the molecule is NC(=O)C#Cc1cc(F)cc(F)c1. The zero-order valence-electron chi connectivity index (χ0n) is 6.47. The Hall–Kier alpha value is -1.89. The lowest BCUT2D eigenvalue weighted by Crippen LogP contribution is -2.06. The molecule has 0 aliphatic carbocycles. The van der Waals surface area contributed by atoms with Crippen LogP contribution in [-0.4, -0.2) is 5.91 Å². The first-order valence-electron chi connectivity index (χ1n) is 3.35. The van der Waals surface area contributed by atoms with Crippen molar-refractivity contribution in [2.45, 2.75) is 0 Å². The number of hydrogen-bond donors (Lipinski definition) is 1. The molecule has 0 unspecified atom stereocenters. The third kappa shape index (κ3) is 2.91. The lowest BCUT2D eigenvalue weighted by Gasteiger charge is -1.91. The summed E-state index contributed by atoms with van der Waals surface area (Å²) >= 11 is 0. The van der Waals surface area contributed by atoms with E-state index in [4.69, 9.17) is 5.73 Å². The molecule has 13 heavy (non-hydrogen) atoms. The maximum Gasteiger partial charge on any atom is 0.293 e. The molecule has 2 nitrogen and oxygen atoms in total. The van der Waals surface area contributed by atoms with Crippen LogP contribution in [0.1, 0.15) is 5.56 Å². The minimum atomic E-state index is -0.843. The van der Waals surface area contributed by atoms with Gasteiger partial charge in [0.2, 0.25) is 0 Å². The Balaban J connectivity index is 3.04. The smallest absolute Gasteiger partial charge is 0.293 e. The largest absolute Gasteiger partial charge is 0.359 e. The number of carbonyl (C=O) groups excluding carboxylic acids is 1. The molecule has 4 heteroatoms. The molecule has 0 saturated heterocycles. The van der Waals surface area contributed by atoms with Crippen LogP contribution in [0.3, 0.4) is 0 Å². The molecule has 0 saturated carbocycles. The quantitative estimate of drug-likeness (QED) is 0.591. The van der Waals surface area contributed by atoms with Gasteiger partial charge in [-0.15, -0.1) is 0 Å². The number of benzene rings is 1. The van der Waals surface area contributed by atoms with Gasteiger partial charge in [0.05, 0.1) is 0 Å². The average molecular weight is 181 g/mol. The highest BCUT2D eigenvalue weighted by Gasteiger charge is 1.97. The Morgan fingerprint density at radius 3 is 2.23 bits per heavy atom. The van der Waals surface area contributed by atoms with Crippen LogP contribution >= 0.6 is 0 Å². The Kier molecular flexibility index (Phi) is 2.60. The van der Waals surface area contributed by atoms with E-state index in [1.165, 1.54) is 0 Å². The second-order valence-corrected chi connectivity index (χ2v) is 2.27. The monoisotopic (exact) mass is 181 g/mol.